The van der Waals surface area contributed by atoms with Gasteiger partial charge in [0.1, 0.15) is 0 Å². The number of sulfone groups is 1. The first-order valence-electron chi connectivity index (χ1n) is 10.6. The van der Waals surface area contributed by atoms with E-state index in [0.29, 0.717) is 16.6 Å². The maximum atomic E-state index is 13.0. The summed E-state index contributed by atoms with van der Waals surface area (Å²) in [6.45, 7) is 0.568. The number of benzene rings is 2. The Hall–Kier alpha value is -2.43. The molecule has 3 aromatic rings. The second-order valence-electron chi connectivity index (χ2n) is 8.36. The average Bonchev–Trinajstić information content (AvgIpc) is 3.27. The minimum Gasteiger partial charge on any atom is -0.390 e. The molecular weight excluding hydrogens is 470 g/mol. The van der Waals surface area contributed by atoms with Crippen LogP contribution >= 0.6 is 11.3 Å². The van der Waals surface area contributed by atoms with Crippen LogP contribution in [0.4, 0.5) is 8.78 Å². The molecule has 1 aromatic heterocycles. The van der Waals surface area contributed by atoms with E-state index >= 15 is 0 Å². The number of hydrogen-bond donors (Lipinski definition) is 1. The number of nitrogens with zero attached hydrogens (tertiary/aromatic N) is 2. The molecule has 1 aliphatic rings. The Balaban J connectivity index is 1.40. The molecule has 2 aromatic carbocycles. The number of amides is 1. The number of aromatic nitrogens is 1. The summed E-state index contributed by atoms with van der Waals surface area (Å²) in [7, 11) is -3.62. The van der Waals surface area contributed by atoms with Gasteiger partial charge in [0, 0.05) is 25.1 Å². The van der Waals surface area contributed by atoms with Crippen LogP contribution in [0, 0.1) is 0 Å². The van der Waals surface area contributed by atoms with Crippen LogP contribution < -0.4 is 0 Å². The van der Waals surface area contributed by atoms with Crippen molar-refractivity contribution in [1.29, 1.82) is 0 Å². The maximum absolute atomic E-state index is 13.0. The molecule has 1 N–H and O–H groups in total. The number of likely N-dealkylation sites (tertiary alicyclic amines) is 1. The number of aliphatic hydroxyl groups is 1. The number of halogens is 2. The van der Waals surface area contributed by atoms with E-state index in [1.54, 1.807) is 46.8 Å². The minimum atomic E-state index is -3.62. The van der Waals surface area contributed by atoms with Crippen molar-refractivity contribution < 1.29 is 27.1 Å². The molecule has 0 unspecified atom stereocenters. The van der Waals surface area contributed by atoms with Crippen molar-refractivity contribution in [3.05, 3.63) is 59.1 Å². The van der Waals surface area contributed by atoms with Crippen molar-refractivity contribution in [3.8, 4) is 0 Å². The highest BCUT2D eigenvalue weighted by Crippen LogP contribution is 2.30. The molecule has 10 heteroatoms. The molecule has 0 bridgehead atoms. The molecule has 1 fully saturated rings. The predicted molar refractivity (Wildman–Crippen MR) is 122 cm³/mol. The number of alkyl halides is 2. The lowest BCUT2D eigenvalue weighted by atomic mass is 9.87. The predicted octanol–water partition coefficient (Wildman–Crippen LogP) is 4.28. The normalized spacial score (nSPS) is 16.4. The van der Waals surface area contributed by atoms with E-state index < -0.39 is 21.9 Å². The smallest absolute Gasteiger partial charge is 0.253 e. The number of carbonyl (C=O) groups is 1. The molecule has 33 heavy (non-hydrogen) atoms. The fraction of sp³-hybridized carbons (Fsp3) is 0.391. The number of rotatable bonds is 7. The van der Waals surface area contributed by atoms with Crippen molar-refractivity contribution in [2.75, 3.05) is 13.1 Å². The zero-order valence-electron chi connectivity index (χ0n) is 17.8. The number of para-hydroxylation sites is 1. The molecule has 0 aliphatic carbocycles. The van der Waals surface area contributed by atoms with Crippen LogP contribution in [0.2, 0.25) is 0 Å². The summed E-state index contributed by atoms with van der Waals surface area (Å²) in [6.07, 6.45) is -2.28. The number of carbonyl (C=O) groups excluding carboxylic acids is 1. The van der Waals surface area contributed by atoms with Gasteiger partial charge in [-0.2, -0.15) is 0 Å². The summed E-state index contributed by atoms with van der Waals surface area (Å²) in [6, 6.07) is 11.5. The number of fused-ring (bicyclic) bond motifs is 1. The van der Waals surface area contributed by atoms with Crippen LogP contribution in [0.15, 0.2) is 52.9 Å². The molecule has 0 spiro atoms. The zero-order chi connectivity index (χ0) is 23.6. The van der Waals surface area contributed by atoms with Crippen molar-refractivity contribution >= 4 is 37.3 Å². The van der Waals surface area contributed by atoms with E-state index in [-0.39, 0.29) is 55.3 Å². The first-order chi connectivity index (χ1) is 15.7. The van der Waals surface area contributed by atoms with Crippen LogP contribution in [-0.4, -0.2) is 54.4 Å². The molecular formula is C23H24F2N2O4S2. The van der Waals surface area contributed by atoms with Gasteiger partial charge in [-0.1, -0.05) is 18.2 Å². The van der Waals surface area contributed by atoms with Crippen molar-refractivity contribution in [2.24, 2.45) is 0 Å². The van der Waals surface area contributed by atoms with Gasteiger partial charge in [-0.15, -0.1) is 11.3 Å². The Morgan fingerprint density at radius 3 is 2.52 bits per heavy atom. The largest absolute Gasteiger partial charge is 0.390 e. The van der Waals surface area contributed by atoms with E-state index in [1.807, 2.05) is 6.07 Å². The van der Waals surface area contributed by atoms with Crippen LogP contribution in [0.3, 0.4) is 0 Å². The summed E-state index contributed by atoms with van der Waals surface area (Å²) in [4.78, 5) is 18.8. The van der Waals surface area contributed by atoms with Gasteiger partial charge in [0.15, 0.2) is 9.84 Å². The van der Waals surface area contributed by atoms with Crippen LogP contribution in [0.25, 0.3) is 10.2 Å². The third-order valence-electron chi connectivity index (χ3n) is 6.03. The molecule has 0 saturated carbocycles. The number of piperidine rings is 1. The van der Waals surface area contributed by atoms with Gasteiger partial charge >= 0.3 is 0 Å². The molecule has 1 saturated heterocycles. The highest BCUT2D eigenvalue weighted by molar-refractivity contribution is 7.90. The van der Waals surface area contributed by atoms with Gasteiger partial charge in [0.05, 0.1) is 32.0 Å². The number of thiazole rings is 1. The van der Waals surface area contributed by atoms with Crippen LogP contribution in [-0.2, 0) is 15.6 Å². The van der Waals surface area contributed by atoms with Crippen LogP contribution in [0.5, 0.6) is 0 Å². The van der Waals surface area contributed by atoms with Crippen molar-refractivity contribution in [1.82, 2.24) is 9.88 Å². The van der Waals surface area contributed by atoms with Gasteiger partial charge < -0.3 is 10.0 Å². The molecule has 6 nitrogen and oxygen atoms in total. The number of hydrogen-bond acceptors (Lipinski definition) is 6. The van der Waals surface area contributed by atoms with Crippen LogP contribution in [0.1, 0.15) is 41.6 Å². The fourth-order valence-electron chi connectivity index (χ4n) is 4.09. The maximum Gasteiger partial charge on any atom is 0.253 e. The summed E-state index contributed by atoms with van der Waals surface area (Å²) in [5.41, 5.74) is 1.89. The van der Waals surface area contributed by atoms with Crippen molar-refractivity contribution in [2.45, 2.75) is 48.4 Å². The van der Waals surface area contributed by atoms with Gasteiger partial charge in [0.2, 0.25) is 6.43 Å². The summed E-state index contributed by atoms with van der Waals surface area (Å²) in [5, 5.41) is 10.4. The molecule has 176 valence electrons. The van der Waals surface area contributed by atoms with Crippen molar-refractivity contribution in [3.63, 3.8) is 0 Å². The van der Waals surface area contributed by atoms with E-state index in [9.17, 15) is 27.1 Å². The Bertz CT molecular complexity index is 1230. The monoisotopic (exact) mass is 494 g/mol. The minimum absolute atomic E-state index is 0.0183. The molecule has 1 amide bonds. The average molecular weight is 495 g/mol. The van der Waals surface area contributed by atoms with E-state index in [2.05, 4.69) is 4.98 Å². The lowest BCUT2D eigenvalue weighted by molar-refractivity contribution is -0.0346. The standard InChI is InChI=1S/C23H24F2N2O4S2/c24-20(25)8-9-23(29)10-12-27(13-11-23)22(28)17-6-4-16(5-7-17)14-33(30,31)19-3-1-2-18-21(19)26-15-32-18/h1-7,15,20,29H,8-14H2. The Labute approximate surface area is 194 Å². The molecule has 0 radical (unpaired) electrons. The second kappa shape index (κ2) is 9.44. The van der Waals surface area contributed by atoms with Gasteiger partial charge in [-0.3, -0.25) is 4.79 Å². The Kier molecular flexibility index (Phi) is 6.78. The van der Waals surface area contributed by atoms with Gasteiger partial charge in [0.25, 0.3) is 5.91 Å². The molecule has 1 aliphatic heterocycles. The first-order valence-corrected chi connectivity index (χ1v) is 13.1. The lowest BCUT2D eigenvalue weighted by Crippen LogP contribution is -2.46. The fourth-order valence-corrected chi connectivity index (χ4v) is 6.39. The third kappa shape index (κ3) is 5.39. The highest BCUT2D eigenvalue weighted by Gasteiger charge is 2.34. The first kappa shape index (κ1) is 23.7. The van der Waals surface area contributed by atoms with E-state index in [0.717, 1.165) is 4.70 Å². The van der Waals surface area contributed by atoms with Gasteiger partial charge in [-0.25, -0.2) is 22.2 Å². The Morgan fingerprint density at radius 2 is 1.85 bits per heavy atom. The lowest BCUT2D eigenvalue weighted by Gasteiger charge is -2.38. The molecule has 0 atom stereocenters. The molecule has 4 rings (SSSR count). The zero-order valence-corrected chi connectivity index (χ0v) is 19.4. The summed E-state index contributed by atoms with van der Waals surface area (Å²) < 4.78 is 51.6. The molecule has 2 heterocycles. The summed E-state index contributed by atoms with van der Waals surface area (Å²) in [5.74, 6) is -0.438. The van der Waals surface area contributed by atoms with Gasteiger partial charge in [-0.05, 0) is 49.1 Å². The quantitative estimate of drug-likeness (QED) is 0.530. The van der Waals surface area contributed by atoms with E-state index in [4.69, 9.17) is 0 Å². The Morgan fingerprint density at radius 1 is 1.15 bits per heavy atom. The second-order valence-corrected chi connectivity index (χ2v) is 11.2. The topological polar surface area (TPSA) is 87.6 Å². The summed E-state index contributed by atoms with van der Waals surface area (Å²) >= 11 is 1.38. The van der Waals surface area contributed by atoms with E-state index in [1.165, 1.54) is 11.3 Å². The third-order valence-corrected chi connectivity index (χ3v) is 8.53. The highest BCUT2D eigenvalue weighted by atomic mass is 32.2. The SMILES string of the molecule is O=C(c1ccc(CS(=O)(=O)c2cccc3scnc23)cc1)N1CCC(O)(CCC(F)F)CC1.